The van der Waals surface area contributed by atoms with Gasteiger partial charge in [-0.1, -0.05) is 198 Å². The predicted molar refractivity (Wildman–Crippen MR) is 387 cm³/mol. The van der Waals surface area contributed by atoms with E-state index < -0.39 is 19.1 Å². The number of benzene rings is 7. The molecule has 0 amide bonds. The summed E-state index contributed by atoms with van der Waals surface area (Å²) < 4.78 is 63.7. The second-order valence-corrected chi connectivity index (χ2v) is 27.7. The van der Waals surface area contributed by atoms with Crippen molar-refractivity contribution < 1.29 is 13.0 Å². The van der Waals surface area contributed by atoms with Gasteiger partial charge in [-0.15, -0.1) is 0 Å². The fourth-order valence-electron chi connectivity index (χ4n) is 14.0. The molecule has 0 fully saturated rings. The van der Waals surface area contributed by atoms with Crippen molar-refractivity contribution in [3.8, 4) is 28.4 Å². The maximum atomic E-state index is 9.05. The molecule has 0 spiro atoms. The summed E-state index contributed by atoms with van der Waals surface area (Å²) in [4.78, 5) is 14.6. The van der Waals surface area contributed by atoms with Crippen LogP contribution in [0.5, 0.6) is 11.5 Å². The topological polar surface area (TPSA) is 40.0 Å². The van der Waals surface area contributed by atoms with Gasteiger partial charge in [-0.2, -0.15) is 0 Å². The quantitative estimate of drug-likeness (QED) is 0.107. The molecule has 5 aliphatic heterocycles. The van der Waals surface area contributed by atoms with Crippen molar-refractivity contribution in [2.24, 2.45) is 0 Å². The summed E-state index contributed by atoms with van der Waals surface area (Å²) in [7, 11) is 0. The second-order valence-electron chi connectivity index (χ2n) is 27.7. The number of allylic oxidation sites excluding steroid dienone is 8. The van der Waals surface area contributed by atoms with Crippen LogP contribution in [0, 0.1) is 0 Å². The Balaban J connectivity index is 0.931. The minimum absolute atomic E-state index is 0.0178. The normalized spacial score (nSPS) is 16.7. The average Bonchev–Trinajstić information content (AvgIpc) is 1.34. The van der Waals surface area contributed by atoms with E-state index in [0.29, 0.717) is 30.5 Å². The zero-order chi connectivity index (χ0) is 68.1. The molecule has 0 saturated heterocycles. The summed E-state index contributed by atoms with van der Waals surface area (Å²) in [6, 6.07) is 51.3. The maximum absolute atomic E-state index is 9.05. The number of nitrogens with zero attached hydrogens (tertiary/aromatic N) is 6. The summed E-state index contributed by atoms with van der Waals surface area (Å²) in [5.74, 6) is 6.64. The minimum Gasteiger partial charge on any atom is -0.457 e. The highest BCUT2D eigenvalue weighted by molar-refractivity contribution is 6.83. The number of rotatable bonds is 13. The van der Waals surface area contributed by atoms with Gasteiger partial charge in [0, 0.05) is 55.0 Å². The van der Waals surface area contributed by atoms with Gasteiger partial charge < -0.3 is 24.2 Å². The number of anilines is 3. The molecule has 91 heavy (non-hydrogen) atoms. The first kappa shape index (κ1) is 52.3. The predicted octanol–water partition coefficient (Wildman–Crippen LogP) is 20.7. The van der Waals surface area contributed by atoms with Crippen LogP contribution in [0.2, 0.25) is 0 Å². The van der Waals surface area contributed by atoms with E-state index >= 15 is 0 Å². The molecule has 0 radical (unpaired) electrons. The fraction of sp³-hybridized carbons (Fsp3) is 0.232. The summed E-state index contributed by atoms with van der Waals surface area (Å²) in [5, 5.41) is 1.90. The molecule has 5 aliphatic rings. The molecule has 9 heteroatoms. The number of hydrogen-bond donors (Lipinski definition) is 0. The standard InChI is InChI=1S/C82H82B2N6O/c1-55(2)65-27-22-28-66(56(3)4)79(65)57-45-62(51-64(46-57)91-63-34-35-67-70-47-59(80(5,6)7)33-36-74(70)90(77(67)52-63)78-50-60(37-40-85-78)82(11,12)58-25-14-13-15-26-58)89-54-86(75-31-16-17-32-76(75)89)53-71-68(72-29-23-43-87-41-20-18-38-83(72)87)48-61(81(8,9)10)49-69(71)73-30-24-44-88-42-21-19-39-84(73)88/h13-52,55-56H,53-54H2,1-12H3/i11D3,12D3. The molecule has 9 aromatic rings. The Labute approximate surface area is 548 Å². The number of ether oxygens (including phenoxy) is 1. The molecular weight excluding hydrogens is 1110 g/mol. The van der Waals surface area contributed by atoms with Crippen molar-refractivity contribution in [2.45, 2.75) is 118 Å². The Morgan fingerprint density at radius 3 is 1.81 bits per heavy atom. The molecule has 7 nitrogen and oxygen atoms in total. The van der Waals surface area contributed by atoms with Gasteiger partial charge in [-0.3, -0.25) is 4.57 Å². The molecular formula is C82H82B2N6O. The number of hydrogen-bond acceptors (Lipinski definition) is 6. The molecule has 0 unspecified atom stereocenters. The lowest BCUT2D eigenvalue weighted by molar-refractivity contribution is 0.483. The van der Waals surface area contributed by atoms with E-state index in [1.165, 1.54) is 62.2 Å². The largest absolute Gasteiger partial charge is 0.457 e. The van der Waals surface area contributed by atoms with Crippen molar-refractivity contribution in [1.29, 1.82) is 0 Å². The second kappa shape index (κ2) is 23.1. The Kier molecular flexibility index (Phi) is 13.3. The smallest absolute Gasteiger partial charge is 0.320 e. The van der Waals surface area contributed by atoms with Gasteiger partial charge in [0.2, 0.25) is 0 Å². The van der Waals surface area contributed by atoms with Crippen molar-refractivity contribution in [3.05, 3.63) is 293 Å². The van der Waals surface area contributed by atoms with Gasteiger partial charge in [-0.25, -0.2) is 4.98 Å². The molecule has 0 N–H and O–H groups in total. The van der Waals surface area contributed by atoms with E-state index in [-0.39, 0.29) is 47.5 Å². The van der Waals surface area contributed by atoms with Crippen LogP contribution in [0.25, 0.3) is 49.7 Å². The van der Waals surface area contributed by atoms with Crippen LogP contribution < -0.4 is 14.5 Å². The Morgan fingerprint density at radius 2 is 1.18 bits per heavy atom. The monoisotopic (exact) mass is 1190 g/mol. The molecule has 7 heterocycles. The highest BCUT2D eigenvalue weighted by Gasteiger charge is 2.37. The van der Waals surface area contributed by atoms with Gasteiger partial charge >= 0.3 is 13.7 Å². The molecule has 0 bridgehead atoms. The Morgan fingerprint density at radius 1 is 0.538 bits per heavy atom. The van der Waals surface area contributed by atoms with Crippen LogP contribution in [-0.2, 0) is 22.8 Å². The lowest BCUT2D eigenvalue weighted by atomic mass is 9.48. The van der Waals surface area contributed by atoms with Crippen molar-refractivity contribution in [2.75, 3.05) is 16.5 Å². The van der Waals surface area contributed by atoms with Crippen LogP contribution in [0.1, 0.15) is 153 Å². The minimum atomic E-state index is -2.99. The number of para-hydroxylation sites is 2. The van der Waals surface area contributed by atoms with Crippen LogP contribution >= 0.6 is 0 Å². The third-order valence-electron chi connectivity index (χ3n) is 18.9. The molecule has 0 saturated carbocycles. The van der Waals surface area contributed by atoms with Crippen LogP contribution in [-0.4, -0.2) is 39.5 Å². The SMILES string of the molecule is [2H]C([2H])([2H])C(c1ccccc1)(c1ccnc(-n2c3ccc(C(C)(C)C)cc3c3ccc(Oc4cc(-c5c(C(C)C)cccc5C(C)C)cc(N5CN(Cc6c(C7=CC=CN8C=CC=CB78)cc(C(C)(C)C)cc6C6=CC=CN7C=CC=CB67)c6ccccc65)c4)cc32)c1)C([2H])([2H])[2H]. The average molecular weight is 1200 g/mol. The molecule has 7 aromatic carbocycles. The van der Waals surface area contributed by atoms with E-state index in [2.05, 4.69) is 271 Å². The highest BCUT2D eigenvalue weighted by atomic mass is 16.5. The Hall–Kier alpha value is -9.46. The van der Waals surface area contributed by atoms with E-state index in [1.807, 2.05) is 16.7 Å². The molecule has 2 aromatic heterocycles. The van der Waals surface area contributed by atoms with Gasteiger partial charge in [0.05, 0.1) is 29.1 Å². The summed E-state index contributed by atoms with van der Waals surface area (Å²) in [6.45, 7) is 17.8. The van der Waals surface area contributed by atoms with Gasteiger partial charge in [0.25, 0.3) is 0 Å². The van der Waals surface area contributed by atoms with Gasteiger partial charge in [0.15, 0.2) is 0 Å². The Bertz CT molecular complexity index is 4740. The number of aromatic nitrogens is 2. The summed E-state index contributed by atoms with van der Waals surface area (Å²) in [6.07, 6.45) is 27.8. The first-order valence-corrected chi connectivity index (χ1v) is 32.2. The lowest BCUT2D eigenvalue weighted by Gasteiger charge is -2.35. The van der Waals surface area contributed by atoms with Crippen LogP contribution in [0.4, 0.5) is 17.1 Å². The first-order chi connectivity index (χ1) is 46.3. The molecule has 14 rings (SSSR count). The zero-order valence-corrected chi connectivity index (χ0v) is 53.9. The highest BCUT2D eigenvalue weighted by Crippen LogP contribution is 2.49. The lowest BCUT2D eigenvalue weighted by Crippen LogP contribution is -2.37. The first-order valence-electron chi connectivity index (χ1n) is 35.2. The van der Waals surface area contributed by atoms with Crippen molar-refractivity contribution >= 4 is 63.5 Å². The van der Waals surface area contributed by atoms with E-state index in [0.717, 1.165) is 50.0 Å². The van der Waals surface area contributed by atoms with E-state index in [4.69, 9.17) is 17.9 Å². The fourth-order valence-corrected chi connectivity index (χ4v) is 14.0. The van der Waals surface area contributed by atoms with Gasteiger partial charge in [0.1, 0.15) is 17.3 Å². The molecule has 0 aliphatic carbocycles. The van der Waals surface area contributed by atoms with Crippen molar-refractivity contribution in [3.63, 3.8) is 0 Å². The third-order valence-corrected chi connectivity index (χ3v) is 18.9. The summed E-state index contributed by atoms with van der Waals surface area (Å²) in [5.41, 5.74) is 15.7. The zero-order valence-electron chi connectivity index (χ0n) is 59.9. The van der Waals surface area contributed by atoms with Crippen LogP contribution in [0.15, 0.2) is 243 Å². The summed E-state index contributed by atoms with van der Waals surface area (Å²) >= 11 is 0. The van der Waals surface area contributed by atoms with E-state index in [1.54, 1.807) is 36.4 Å². The van der Waals surface area contributed by atoms with Gasteiger partial charge in [-0.05, 0) is 205 Å². The van der Waals surface area contributed by atoms with Crippen molar-refractivity contribution in [1.82, 2.24) is 19.2 Å². The number of pyridine rings is 1. The van der Waals surface area contributed by atoms with Crippen LogP contribution in [0.3, 0.4) is 0 Å². The number of fused-ring (bicyclic) bond motifs is 6. The maximum Gasteiger partial charge on any atom is 0.320 e. The third kappa shape index (κ3) is 10.9. The molecule has 452 valence electrons. The molecule has 0 atom stereocenters. The van der Waals surface area contributed by atoms with E-state index in [9.17, 15) is 0 Å².